The summed E-state index contributed by atoms with van der Waals surface area (Å²) >= 11 is 0. The molecule has 7 nitrogen and oxygen atoms in total. The first-order valence-corrected chi connectivity index (χ1v) is 12.0. The number of carbonyl (C=O) groups is 1. The lowest BCUT2D eigenvalue weighted by atomic mass is 10.1. The van der Waals surface area contributed by atoms with Gasteiger partial charge in [0, 0.05) is 28.7 Å². The fourth-order valence-corrected chi connectivity index (χ4v) is 4.68. The summed E-state index contributed by atoms with van der Waals surface area (Å²) in [7, 11) is 0. The molecule has 3 aromatic heterocycles. The standard InChI is InChI=1S/C29H21F3N4O3/c30-29(31,32)20-8-5-17(6-9-20)24-14-21(34-35-24)16-39-22-10-7-19-13-25(33-23(19)15-22)27(28(37)38)36-12-11-18-3-1-2-4-26(18)36/h1-15,27,33H,16H2,(H,34,35)(H,37,38). The summed E-state index contributed by atoms with van der Waals surface area (Å²) in [5, 5.41) is 18.9. The second-order valence-corrected chi connectivity index (χ2v) is 9.13. The predicted octanol–water partition coefficient (Wildman–Crippen LogP) is 6.78. The van der Waals surface area contributed by atoms with Crippen LogP contribution in [0.4, 0.5) is 13.2 Å². The van der Waals surface area contributed by atoms with Crippen LogP contribution >= 0.6 is 0 Å². The van der Waals surface area contributed by atoms with E-state index in [2.05, 4.69) is 15.2 Å². The monoisotopic (exact) mass is 530 g/mol. The minimum atomic E-state index is -4.39. The summed E-state index contributed by atoms with van der Waals surface area (Å²) in [5.41, 5.74) is 3.08. The summed E-state index contributed by atoms with van der Waals surface area (Å²) in [6, 6.07) is 22.3. The summed E-state index contributed by atoms with van der Waals surface area (Å²) < 4.78 is 46.1. The van der Waals surface area contributed by atoms with Crippen molar-refractivity contribution in [2.45, 2.75) is 18.8 Å². The van der Waals surface area contributed by atoms with Crippen molar-refractivity contribution >= 4 is 27.8 Å². The van der Waals surface area contributed by atoms with Crippen LogP contribution in [0.5, 0.6) is 5.75 Å². The number of nitrogens with one attached hydrogen (secondary N) is 2. The molecule has 3 aromatic carbocycles. The molecule has 6 rings (SSSR count). The number of nitrogens with zero attached hydrogens (tertiary/aromatic N) is 2. The van der Waals surface area contributed by atoms with Gasteiger partial charge in [-0.25, -0.2) is 4.79 Å². The van der Waals surface area contributed by atoms with Crippen molar-refractivity contribution in [3.05, 3.63) is 108 Å². The van der Waals surface area contributed by atoms with E-state index in [9.17, 15) is 23.1 Å². The van der Waals surface area contributed by atoms with Crippen molar-refractivity contribution in [2.75, 3.05) is 0 Å². The van der Waals surface area contributed by atoms with E-state index >= 15 is 0 Å². The second-order valence-electron chi connectivity index (χ2n) is 9.13. The number of H-pyrrole nitrogens is 2. The highest BCUT2D eigenvalue weighted by molar-refractivity contribution is 5.87. The molecule has 0 aliphatic rings. The van der Waals surface area contributed by atoms with Gasteiger partial charge in [0.15, 0.2) is 6.04 Å². The van der Waals surface area contributed by atoms with Crippen LogP contribution in [-0.2, 0) is 17.6 Å². The van der Waals surface area contributed by atoms with Gasteiger partial charge in [0.2, 0.25) is 0 Å². The number of rotatable bonds is 7. The van der Waals surface area contributed by atoms with E-state index in [1.54, 1.807) is 29.0 Å². The normalized spacial score (nSPS) is 12.7. The fourth-order valence-electron chi connectivity index (χ4n) is 4.68. The number of aromatic nitrogens is 4. The minimum absolute atomic E-state index is 0.128. The van der Waals surface area contributed by atoms with Crippen molar-refractivity contribution in [3.63, 3.8) is 0 Å². The number of aliphatic carboxylic acids is 1. The number of benzene rings is 3. The van der Waals surface area contributed by atoms with Crippen molar-refractivity contribution in [3.8, 4) is 17.0 Å². The Morgan fingerprint density at radius 3 is 2.54 bits per heavy atom. The van der Waals surface area contributed by atoms with Gasteiger partial charge < -0.3 is 19.4 Å². The quantitative estimate of drug-likeness (QED) is 0.212. The Balaban J connectivity index is 1.19. The molecule has 0 radical (unpaired) electrons. The van der Waals surface area contributed by atoms with Crippen LogP contribution in [0.25, 0.3) is 33.1 Å². The molecule has 196 valence electrons. The van der Waals surface area contributed by atoms with Crippen molar-refractivity contribution in [1.82, 2.24) is 19.7 Å². The maximum absolute atomic E-state index is 12.8. The average molecular weight is 531 g/mol. The smallest absolute Gasteiger partial charge is 0.416 e. The lowest BCUT2D eigenvalue weighted by Gasteiger charge is -2.14. The Labute approximate surface area is 219 Å². The highest BCUT2D eigenvalue weighted by Crippen LogP contribution is 2.32. The predicted molar refractivity (Wildman–Crippen MR) is 139 cm³/mol. The lowest BCUT2D eigenvalue weighted by molar-refractivity contribution is -0.139. The number of carboxylic acid groups (broad SMARTS) is 1. The number of carboxylic acids is 1. The first-order valence-electron chi connectivity index (χ1n) is 12.0. The number of para-hydroxylation sites is 1. The van der Waals surface area contributed by atoms with Gasteiger partial charge in [0.1, 0.15) is 18.1 Å². The zero-order valence-corrected chi connectivity index (χ0v) is 20.2. The van der Waals surface area contributed by atoms with E-state index in [0.29, 0.717) is 28.4 Å². The molecule has 0 spiro atoms. The van der Waals surface area contributed by atoms with Crippen LogP contribution in [-0.4, -0.2) is 30.8 Å². The summed E-state index contributed by atoms with van der Waals surface area (Å²) in [4.78, 5) is 15.5. The van der Waals surface area contributed by atoms with Crippen LogP contribution in [0.15, 0.2) is 91.1 Å². The number of hydrogen-bond donors (Lipinski definition) is 3. The molecule has 0 bridgehead atoms. The summed E-state index contributed by atoms with van der Waals surface area (Å²) in [6.07, 6.45) is -2.62. The third-order valence-corrected chi connectivity index (χ3v) is 6.59. The molecule has 0 aliphatic heterocycles. The molecule has 3 N–H and O–H groups in total. The van der Waals surface area contributed by atoms with Crippen LogP contribution < -0.4 is 4.74 Å². The van der Waals surface area contributed by atoms with Gasteiger partial charge in [-0.05, 0) is 59.5 Å². The van der Waals surface area contributed by atoms with E-state index in [0.717, 1.165) is 33.9 Å². The molecule has 10 heteroatoms. The number of ether oxygens (including phenoxy) is 1. The van der Waals surface area contributed by atoms with Crippen LogP contribution in [0, 0.1) is 0 Å². The van der Waals surface area contributed by atoms with Crippen molar-refractivity contribution in [1.29, 1.82) is 0 Å². The summed E-state index contributed by atoms with van der Waals surface area (Å²) in [5.74, 6) is -0.435. The Bertz CT molecular complexity index is 1800. The Morgan fingerprint density at radius 1 is 0.974 bits per heavy atom. The van der Waals surface area contributed by atoms with E-state index in [4.69, 9.17) is 4.74 Å². The largest absolute Gasteiger partial charge is 0.487 e. The second kappa shape index (κ2) is 9.39. The SMILES string of the molecule is O=C(O)C(c1cc2ccc(OCc3cc(-c4ccc(C(F)(F)F)cc4)[nH]n3)cc2[nH]1)n1ccc2ccccc21. The average Bonchev–Trinajstić information content (AvgIpc) is 3.66. The van der Waals surface area contributed by atoms with Gasteiger partial charge >= 0.3 is 12.1 Å². The first-order chi connectivity index (χ1) is 18.8. The maximum atomic E-state index is 12.8. The van der Waals surface area contributed by atoms with Gasteiger partial charge in [-0.3, -0.25) is 5.10 Å². The number of hydrogen-bond acceptors (Lipinski definition) is 3. The highest BCUT2D eigenvalue weighted by atomic mass is 19.4. The van der Waals surface area contributed by atoms with E-state index in [1.807, 2.05) is 42.5 Å². The van der Waals surface area contributed by atoms with E-state index in [1.165, 1.54) is 12.1 Å². The Hall–Kier alpha value is -4.99. The van der Waals surface area contributed by atoms with E-state index in [-0.39, 0.29) is 6.61 Å². The number of fused-ring (bicyclic) bond motifs is 2. The molecule has 3 heterocycles. The molecule has 0 saturated carbocycles. The molecule has 0 amide bonds. The Morgan fingerprint density at radius 2 is 1.77 bits per heavy atom. The number of halogens is 3. The third kappa shape index (κ3) is 4.72. The first kappa shape index (κ1) is 24.4. The zero-order chi connectivity index (χ0) is 27.1. The topological polar surface area (TPSA) is 95.9 Å². The molecule has 1 unspecified atom stereocenters. The fraction of sp³-hybridized carbons (Fsp3) is 0.103. The van der Waals surface area contributed by atoms with Gasteiger partial charge in [-0.2, -0.15) is 18.3 Å². The molecule has 0 saturated heterocycles. The molecular formula is C29H21F3N4O3. The van der Waals surface area contributed by atoms with Crippen molar-refractivity contribution < 1.29 is 27.8 Å². The highest BCUT2D eigenvalue weighted by Gasteiger charge is 2.30. The molecule has 39 heavy (non-hydrogen) atoms. The zero-order valence-electron chi connectivity index (χ0n) is 20.2. The van der Waals surface area contributed by atoms with Crippen molar-refractivity contribution in [2.24, 2.45) is 0 Å². The van der Waals surface area contributed by atoms with Gasteiger partial charge in [-0.15, -0.1) is 0 Å². The van der Waals surface area contributed by atoms with Crippen LogP contribution in [0.3, 0.4) is 0 Å². The number of alkyl halides is 3. The van der Waals surface area contributed by atoms with E-state index < -0.39 is 23.8 Å². The molecule has 0 aliphatic carbocycles. The molecular weight excluding hydrogens is 509 g/mol. The third-order valence-electron chi connectivity index (χ3n) is 6.59. The summed E-state index contributed by atoms with van der Waals surface area (Å²) in [6.45, 7) is 0.128. The van der Waals surface area contributed by atoms with Gasteiger partial charge in [-0.1, -0.05) is 30.3 Å². The molecule has 1 atom stereocenters. The minimum Gasteiger partial charge on any atom is -0.487 e. The van der Waals surface area contributed by atoms with Crippen LogP contribution in [0.1, 0.15) is 23.0 Å². The lowest BCUT2D eigenvalue weighted by Crippen LogP contribution is -2.19. The number of aromatic amines is 2. The maximum Gasteiger partial charge on any atom is 0.416 e. The van der Waals surface area contributed by atoms with Crippen LogP contribution in [0.2, 0.25) is 0 Å². The molecule has 6 aromatic rings. The molecule has 0 fully saturated rings. The van der Waals surface area contributed by atoms with Gasteiger partial charge in [0.25, 0.3) is 0 Å². The Kier molecular flexibility index (Phi) is 5.86. The van der Waals surface area contributed by atoms with Gasteiger partial charge in [0.05, 0.1) is 17.0 Å².